The summed E-state index contributed by atoms with van der Waals surface area (Å²) in [5, 5.41) is 19.2. The van der Waals surface area contributed by atoms with Crippen molar-refractivity contribution in [1.29, 1.82) is 0 Å². The lowest BCUT2D eigenvalue weighted by Gasteiger charge is -2.20. The van der Waals surface area contributed by atoms with Gasteiger partial charge in [-0.05, 0) is 34.9 Å². The number of aliphatic hydroxyl groups is 1. The zero-order chi connectivity index (χ0) is 21.2. The third-order valence-corrected chi connectivity index (χ3v) is 5.73. The highest BCUT2D eigenvalue weighted by Crippen LogP contribution is 2.41. The molecule has 0 bridgehead atoms. The molecule has 2 aromatic carbocycles. The highest BCUT2D eigenvalue weighted by atomic mass is 28.3. The minimum absolute atomic E-state index is 0.139. The summed E-state index contributed by atoms with van der Waals surface area (Å²) in [5.41, 5.74) is 8.81. The van der Waals surface area contributed by atoms with E-state index in [1.807, 2.05) is 30.3 Å². The van der Waals surface area contributed by atoms with E-state index in [1.165, 1.54) is 11.9 Å². The Bertz CT molecular complexity index is 981. The second-order valence-electron chi connectivity index (χ2n) is 8.34. The zero-order valence-corrected chi connectivity index (χ0v) is 18.4. The predicted octanol–water partition coefficient (Wildman–Crippen LogP) is 4.12. The smallest absolute Gasteiger partial charge is 0.407 e. The summed E-state index contributed by atoms with van der Waals surface area (Å²) in [7, 11) is 0.0948. The number of hydrogen-bond donors (Lipinski definition) is 2. The van der Waals surface area contributed by atoms with E-state index in [4.69, 9.17) is 4.74 Å². The van der Waals surface area contributed by atoms with Crippen LogP contribution in [0.25, 0.3) is 11.1 Å². The molecule has 0 saturated carbocycles. The molecule has 2 N–H and O–H groups in total. The maximum absolute atomic E-state index is 11.3. The highest BCUT2D eigenvalue weighted by molar-refractivity contribution is 6.83. The molecule has 0 radical (unpaired) electrons. The lowest BCUT2D eigenvalue weighted by Crippen LogP contribution is -2.24. The number of amides is 1. The molecule has 0 aliphatic carbocycles. The maximum atomic E-state index is 11.3. The fraction of sp³-hybridized carbons (Fsp3) is 0.348. The van der Waals surface area contributed by atoms with Gasteiger partial charge in [-0.3, -0.25) is 0 Å². The van der Waals surface area contributed by atoms with E-state index in [9.17, 15) is 15.0 Å². The number of benzene rings is 2. The molecule has 2 aromatic rings. The van der Waals surface area contributed by atoms with Gasteiger partial charge in [-0.25, -0.2) is 4.79 Å². The molecule has 0 spiro atoms. The van der Waals surface area contributed by atoms with E-state index in [0.29, 0.717) is 13.0 Å². The Kier molecular flexibility index (Phi) is 6.01. The van der Waals surface area contributed by atoms with Crippen LogP contribution in [-0.2, 0) is 19.6 Å². The van der Waals surface area contributed by atoms with Gasteiger partial charge in [0.05, 0.1) is 13.2 Å². The van der Waals surface area contributed by atoms with Crippen LogP contribution in [0, 0.1) is 11.5 Å². The summed E-state index contributed by atoms with van der Waals surface area (Å²) in [6.45, 7) is 7.28. The van der Waals surface area contributed by atoms with Crippen LogP contribution in [0.1, 0.15) is 22.3 Å². The van der Waals surface area contributed by atoms with E-state index in [0.717, 1.165) is 39.1 Å². The van der Waals surface area contributed by atoms with Crippen molar-refractivity contribution in [3.63, 3.8) is 0 Å². The first-order valence-corrected chi connectivity index (χ1v) is 13.2. The Hall–Kier alpha value is -2.75. The molecule has 152 valence electrons. The van der Waals surface area contributed by atoms with Gasteiger partial charge in [-0.1, -0.05) is 37.7 Å². The number of rotatable bonds is 4. The fourth-order valence-corrected chi connectivity index (χ4v) is 3.89. The third kappa shape index (κ3) is 4.81. The van der Waals surface area contributed by atoms with Gasteiger partial charge in [0, 0.05) is 36.7 Å². The largest absolute Gasteiger partial charge is 0.492 e. The average Bonchev–Trinajstić information content (AvgIpc) is 3.15. The Labute approximate surface area is 173 Å². The molecule has 3 rings (SSSR count). The number of carboxylic acid groups (broad SMARTS) is 1. The Morgan fingerprint density at radius 1 is 1.24 bits per heavy atom. The van der Waals surface area contributed by atoms with Crippen molar-refractivity contribution in [3.05, 3.63) is 52.6 Å². The molecular weight excluding hydrogens is 382 g/mol. The first-order chi connectivity index (χ1) is 13.7. The number of hydrogen-bond acceptors (Lipinski definition) is 3. The van der Waals surface area contributed by atoms with Crippen LogP contribution in [0.5, 0.6) is 5.75 Å². The monoisotopic (exact) mass is 409 g/mol. The quantitative estimate of drug-likeness (QED) is 0.589. The first-order valence-electron chi connectivity index (χ1n) is 9.68. The number of carbonyl (C=O) groups is 1. The molecule has 0 aromatic heterocycles. The Balaban J connectivity index is 2.04. The molecule has 1 amide bonds. The average molecular weight is 410 g/mol. The van der Waals surface area contributed by atoms with E-state index in [1.54, 1.807) is 0 Å². The maximum Gasteiger partial charge on any atom is 0.407 e. The topological polar surface area (TPSA) is 70.0 Å². The number of ether oxygens (including phenoxy) is 1. The molecule has 0 unspecified atom stereocenters. The summed E-state index contributed by atoms with van der Waals surface area (Å²) in [5.74, 6) is 4.05. The molecule has 5 nitrogen and oxygen atoms in total. The summed E-state index contributed by atoms with van der Waals surface area (Å²) in [6.07, 6.45) is -0.291. The van der Waals surface area contributed by atoms with E-state index < -0.39 is 14.2 Å². The van der Waals surface area contributed by atoms with Gasteiger partial charge in [-0.2, -0.15) is 0 Å². The Morgan fingerprint density at radius 2 is 1.93 bits per heavy atom. The molecule has 1 heterocycles. The van der Waals surface area contributed by atoms with Crippen LogP contribution in [0.4, 0.5) is 4.79 Å². The standard InChI is InChI=1S/C23H27NO4Si/c1-24(23(26)27)14-18-13-20(22-19(9-11-28-22)21(18)15-25)17-7-5-16(6-8-17)10-12-29(2,3)4/h5-8,13,25H,9,11,14-15H2,1-4H3,(H,26,27). The minimum atomic E-state index is -1.43. The van der Waals surface area contributed by atoms with Crippen LogP contribution in [0.3, 0.4) is 0 Å². The second-order valence-corrected chi connectivity index (χ2v) is 13.1. The molecule has 1 aliphatic rings. The van der Waals surface area contributed by atoms with Crippen molar-refractivity contribution in [1.82, 2.24) is 4.90 Å². The number of aliphatic hydroxyl groups excluding tert-OH is 1. The van der Waals surface area contributed by atoms with E-state index >= 15 is 0 Å². The Morgan fingerprint density at radius 3 is 2.52 bits per heavy atom. The summed E-state index contributed by atoms with van der Waals surface area (Å²) >= 11 is 0. The summed E-state index contributed by atoms with van der Waals surface area (Å²) in [6, 6.07) is 10.0. The van der Waals surface area contributed by atoms with Gasteiger partial charge in [-0.15, -0.1) is 5.54 Å². The highest BCUT2D eigenvalue weighted by Gasteiger charge is 2.24. The van der Waals surface area contributed by atoms with Gasteiger partial charge >= 0.3 is 6.09 Å². The lowest BCUT2D eigenvalue weighted by molar-refractivity contribution is 0.153. The zero-order valence-electron chi connectivity index (χ0n) is 17.4. The van der Waals surface area contributed by atoms with Crippen molar-refractivity contribution < 1.29 is 19.7 Å². The molecule has 0 fully saturated rings. The minimum Gasteiger partial charge on any atom is -0.492 e. The van der Waals surface area contributed by atoms with E-state index in [-0.39, 0.29) is 13.2 Å². The van der Waals surface area contributed by atoms with Crippen molar-refractivity contribution in [2.75, 3.05) is 13.7 Å². The second kappa shape index (κ2) is 8.32. The van der Waals surface area contributed by atoms with Gasteiger partial charge in [0.2, 0.25) is 0 Å². The molecule has 0 saturated heterocycles. The van der Waals surface area contributed by atoms with Crippen LogP contribution in [0.15, 0.2) is 30.3 Å². The predicted molar refractivity (Wildman–Crippen MR) is 117 cm³/mol. The molecule has 29 heavy (non-hydrogen) atoms. The van der Waals surface area contributed by atoms with Crippen molar-refractivity contribution in [3.8, 4) is 28.3 Å². The van der Waals surface area contributed by atoms with Crippen molar-refractivity contribution in [2.45, 2.75) is 39.2 Å². The van der Waals surface area contributed by atoms with Gasteiger partial charge in [0.1, 0.15) is 13.8 Å². The van der Waals surface area contributed by atoms with Gasteiger partial charge in [0.15, 0.2) is 0 Å². The normalized spacial score (nSPS) is 12.6. The molecule has 6 heteroatoms. The van der Waals surface area contributed by atoms with Crippen LogP contribution in [0.2, 0.25) is 19.6 Å². The number of nitrogens with zero attached hydrogens (tertiary/aromatic N) is 1. The number of fused-ring (bicyclic) bond motifs is 1. The molecular formula is C23H27NO4Si. The van der Waals surface area contributed by atoms with Gasteiger partial charge < -0.3 is 19.8 Å². The van der Waals surface area contributed by atoms with Crippen molar-refractivity contribution >= 4 is 14.2 Å². The van der Waals surface area contributed by atoms with Crippen LogP contribution < -0.4 is 4.74 Å². The summed E-state index contributed by atoms with van der Waals surface area (Å²) in [4.78, 5) is 12.5. The van der Waals surface area contributed by atoms with Gasteiger partial charge in [0.25, 0.3) is 0 Å². The first kappa shape index (κ1) is 21.0. The lowest BCUT2D eigenvalue weighted by atomic mass is 9.92. The van der Waals surface area contributed by atoms with Crippen LogP contribution in [-0.4, -0.2) is 42.9 Å². The molecule has 0 atom stereocenters. The molecule has 1 aliphatic heterocycles. The van der Waals surface area contributed by atoms with Crippen LogP contribution >= 0.6 is 0 Å². The van der Waals surface area contributed by atoms with E-state index in [2.05, 4.69) is 31.1 Å². The fourth-order valence-electron chi connectivity index (χ4n) is 3.37. The van der Waals surface area contributed by atoms with Crippen molar-refractivity contribution in [2.24, 2.45) is 0 Å². The SMILES string of the molecule is CN(Cc1cc(-c2ccc(C#C[Si](C)(C)C)cc2)c2c(c1CO)CCO2)C(=O)O. The third-order valence-electron chi connectivity index (χ3n) is 4.86. The summed E-state index contributed by atoms with van der Waals surface area (Å²) < 4.78 is 5.89.